The highest BCUT2D eigenvalue weighted by atomic mass is 16.3. The largest absolute Gasteiger partial charge is 0.507 e. The molecule has 6 nitrogen and oxygen atoms in total. The first-order chi connectivity index (χ1) is 11.5. The number of amides is 2. The van der Waals surface area contributed by atoms with Crippen molar-refractivity contribution in [1.29, 1.82) is 0 Å². The number of phenols is 1. The van der Waals surface area contributed by atoms with E-state index in [0.29, 0.717) is 12.1 Å². The number of hydrogen-bond donors (Lipinski definition) is 3. The molecule has 0 bridgehead atoms. The Morgan fingerprint density at radius 2 is 1.62 bits per heavy atom. The summed E-state index contributed by atoms with van der Waals surface area (Å²) in [5.41, 5.74) is 1.71. The number of nitrogens with zero attached hydrogens (tertiary/aromatic N) is 1. The predicted octanol–water partition coefficient (Wildman–Crippen LogP) is 1.62. The zero-order valence-corrected chi connectivity index (χ0v) is 13.7. The van der Waals surface area contributed by atoms with Gasteiger partial charge in [0.15, 0.2) is 0 Å². The molecule has 0 heterocycles. The molecule has 0 aliphatic rings. The molecule has 2 amide bonds. The van der Waals surface area contributed by atoms with Gasteiger partial charge in [-0.25, -0.2) is 0 Å². The Balaban J connectivity index is 1.82. The lowest BCUT2D eigenvalue weighted by atomic mass is 10.2. The smallest absolute Gasteiger partial charge is 0.255 e. The molecule has 0 unspecified atom stereocenters. The van der Waals surface area contributed by atoms with Gasteiger partial charge in [-0.2, -0.15) is 0 Å². The van der Waals surface area contributed by atoms with E-state index in [-0.39, 0.29) is 29.7 Å². The van der Waals surface area contributed by atoms with Gasteiger partial charge in [0.1, 0.15) is 5.75 Å². The van der Waals surface area contributed by atoms with Crippen molar-refractivity contribution in [2.75, 3.05) is 32.1 Å². The first kappa shape index (κ1) is 17.3. The number of nitrogens with one attached hydrogen (secondary N) is 2. The van der Waals surface area contributed by atoms with Crippen LogP contribution in [0.15, 0.2) is 48.5 Å². The normalized spacial score (nSPS) is 10.1. The Morgan fingerprint density at radius 3 is 2.29 bits per heavy atom. The standard InChI is InChI=1S/C18H21N3O3/c1-21(2)14-7-5-6-13(12-14)17(23)19-10-11-20-18(24)15-8-3-4-9-16(15)22/h3-9,12,22H,10-11H2,1-2H3,(H,19,23)(H,20,24). The predicted molar refractivity (Wildman–Crippen MR) is 93.5 cm³/mol. The van der Waals surface area contributed by atoms with Crippen LogP contribution in [0, 0.1) is 0 Å². The molecule has 0 atom stereocenters. The highest BCUT2D eigenvalue weighted by Crippen LogP contribution is 2.15. The second kappa shape index (κ2) is 8.01. The molecule has 2 aromatic carbocycles. The van der Waals surface area contributed by atoms with Crippen LogP contribution in [0.3, 0.4) is 0 Å². The number of carbonyl (C=O) groups excluding carboxylic acids is 2. The van der Waals surface area contributed by atoms with Gasteiger partial charge >= 0.3 is 0 Å². The summed E-state index contributed by atoms with van der Waals surface area (Å²) < 4.78 is 0. The SMILES string of the molecule is CN(C)c1cccc(C(=O)NCCNC(=O)c2ccccc2O)c1. The van der Waals surface area contributed by atoms with Gasteiger partial charge in [0.05, 0.1) is 5.56 Å². The van der Waals surface area contributed by atoms with Gasteiger partial charge in [-0.3, -0.25) is 9.59 Å². The summed E-state index contributed by atoms with van der Waals surface area (Å²) in [7, 11) is 3.82. The van der Waals surface area contributed by atoms with E-state index in [1.807, 2.05) is 31.1 Å². The number of rotatable bonds is 6. The molecule has 0 radical (unpaired) electrons. The lowest BCUT2D eigenvalue weighted by molar-refractivity contribution is 0.0926. The van der Waals surface area contributed by atoms with E-state index in [0.717, 1.165) is 5.69 Å². The Morgan fingerprint density at radius 1 is 0.958 bits per heavy atom. The highest BCUT2D eigenvalue weighted by Gasteiger charge is 2.10. The van der Waals surface area contributed by atoms with Crippen LogP contribution in [0.4, 0.5) is 5.69 Å². The summed E-state index contributed by atoms with van der Waals surface area (Å²) in [5, 5.41) is 15.0. The molecule has 0 aliphatic heterocycles. The van der Waals surface area contributed by atoms with E-state index in [2.05, 4.69) is 10.6 Å². The maximum atomic E-state index is 12.1. The van der Waals surface area contributed by atoms with Gasteiger partial charge in [-0.05, 0) is 30.3 Å². The second-order valence-corrected chi connectivity index (χ2v) is 5.47. The summed E-state index contributed by atoms with van der Waals surface area (Å²) in [5.74, 6) is -0.646. The minimum absolute atomic E-state index is 0.0699. The molecule has 2 rings (SSSR count). The van der Waals surface area contributed by atoms with Crippen LogP contribution in [0.25, 0.3) is 0 Å². The highest BCUT2D eigenvalue weighted by molar-refractivity contribution is 5.97. The van der Waals surface area contributed by atoms with Crippen molar-refractivity contribution in [1.82, 2.24) is 10.6 Å². The number of para-hydroxylation sites is 1. The minimum atomic E-state index is -0.378. The summed E-state index contributed by atoms with van der Waals surface area (Å²) in [6.45, 7) is 0.566. The molecule has 0 saturated heterocycles. The monoisotopic (exact) mass is 327 g/mol. The minimum Gasteiger partial charge on any atom is -0.507 e. The van der Waals surface area contributed by atoms with Crippen molar-refractivity contribution in [3.8, 4) is 5.75 Å². The molecule has 2 aromatic rings. The van der Waals surface area contributed by atoms with Crippen molar-refractivity contribution in [2.45, 2.75) is 0 Å². The fourth-order valence-electron chi connectivity index (χ4n) is 2.14. The maximum absolute atomic E-state index is 12.1. The third-order valence-electron chi connectivity index (χ3n) is 3.47. The molecular formula is C18H21N3O3. The average molecular weight is 327 g/mol. The maximum Gasteiger partial charge on any atom is 0.255 e. The first-order valence-electron chi connectivity index (χ1n) is 7.61. The van der Waals surface area contributed by atoms with E-state index in [1.54, 1.807) is 24.3 Å². The van der Waals surface area contributed by atoms with Gasteiger partial charge in [0.2, 0.25) is 0 Å². The van der Waals surface area contributed by atoms with Crippen LogP contribution in [-0.2, 0) is 0 Å². The fourth-order valence-corrected chi connectivity index (χ4v) is 2.14. The van der Waals surface area contributed by atoms with Crippen molar-refractivity contribution < 1.29 is 14.7 Å². The van der Waals surface area contributed by atoms with Crippen LogP contribution >= 0.6 is 0 Å². The van der Waals surface area contributed by atoms with Crippen molar-refractivity contribution in [2.24, 2.45) is 0 Å². The second-order valence-electron chi connectivity index (χ2n) is 5.47. The molecule has 0 fully saturated rings. The van der Waals surface area contributed by atoms with Crippen LogP contribution in [0.1, 0.15) is 20.7 Å². The zero-order valence-electron chi connectivity index (χ0n) is 13.7. The Labute approximate surface area is 141 Å². The van der Waals surface area contributed by atoms with Crippen molar-refractivity contribution >= 4 is 17.5 Å². The molecule has 3 N–H and O–H groups in total. The van der Waals surface area contributed by atoms with Crippen LogP contribution in [0.2, 0.25) is 0 Å². The quantitative estimate of drug-likeness (QED) is 0.704. The number of phenolic OH excluding ortho intramolecular Hbond substituents is 1. The summed E-state index contributed by atoms with van der Waals surface area (Å²) >= 11 is 0. The molecular weight excluding hydrogens is 306 g/mol. The third-order valence-corrected chi connectivity index (χ3v) is 3.47. The molecule has 0 saturated carbocycles. The van der Waals surface area contributed by atoms with Crippen molar-refractivity contribution in [3.05, 3.63) is 59.7 Å². The van der Waals surface area contributed by atoms with Gasteiger partial charge in [0.25, 0.3) is 11.8 Å². The third kappa shape index (κ3) is 4.49. The number of anilines is 1. The number of carbonyl (C=O) groups is 2. The average Bonchev–Trinajstić information content (AvgIpc) is 2.58. The lowest BCUT2D eigenvalue weighted by Crippen LogP contribution is -2.34. The van der Waals surface area contributed by atoms with E-state index in [1.165, 1.54) is 12.1 Å². The van der Waals surface area contributed by atoms with E-state index in [4.69, 9.17) is 0 Å². The number of hydrogen-bond acceptors (Lipinski definition) is 4. The van der Waals surface area contributed by atoms with Crippen LogP contribution < -0.4 is 15.5 Å². The Hall–Kier alpha value is -3.02. The zero-order chi connectivity index (χ0) is 17.5. The topological polar surface area (TPSA) is 81.7 Å². The van der Waals surface area contributed by atoms with Gasteiger partial charge in [-0.1, -0.05) is 18.2 Å². The Kier molecular flexibility index (Phi) is 5.78. The molecule has 0 spiro atoms. The van der Waals surface area contributed by atoms with Gasteiger partial charge in [0, 0.05) is 38.4 Å². The molecule has 0 aliphatic carbocycles. The molecule has 0 aromatic heterocycles. The van der Waals surface area contributed by atoms with Crippen molar-refractivity contribution in [3.63, 3.8) is 0 Å². The lowest BCUT2D eigenvalue weighted by Gasteiger charge is -2.13. The van der Waals surface area contributed by atoms with Crippen LogP contribution in [0.5, 0.6) is 5.75 Å². The number of aromatic hydroxyl groups is 1. The molecule has 24 heavy (non-hydrogen) atoms. The van der Waals surface area contributed by atoms with Gasteiger partial charge < -0.3 is 20.6 Å². The number of benzene rings is 2. The first-order valence-corrected chi connectivity index (χ1v) is 7.61. The van der Waals surface area contributed by atoms with E-state index < -0.39 is 0 Å². The summed E-state index contributed by atoms with van der Waals surface area (Å²) in [4.78, 5) is 25.9. The van der Waals surface area contributed by atoms with E-state index >= 15 is 0 Å². The Bertz CT molecular complexity index is 729. The summed E-state index contributed by atoms with van der Waals surface area (Å²) in [6.07, 6.45) is 0. The van der Waals surface area contributed by atoms with Crippen LogP contribution in [-0.4, -0.2) is 44.1 Å². The molecule has 6 heteroatoms. The van der Waals surface area contributed by atoms with Gasteiger partial charge in [-0.15, -0.1) is 0 Å². The summed E-state index contributed by atoms with van der Waals surface area (Å²) in [6, 6.07) is 13.6. The fraction of sp³-hybridized carbons (Fsp3) is 0.222. The molecule has 126 valence electrons. The van der Waals surface area contributed by atoms with E-state index in [9.17, 15) is 14.7 Å².